The molecular weight excluding hydrogens is 472 g/mol. The monoisotopic (exact) mass is 502 g/mol. The fraction of sp³-hybridized carbons (Fsp3) is 0.500. The SMILES string of the molecule is NC(=O)c1ccc(NC(=O)[C@@H](CC2CCOCC2)c2c(S(=O)(=O)C3CCCC3)cc[nH]c2=O)nc1. The lowest BCUT2D eigenvalue weighted by Crippen LogP contribution is -2.33. The summed E-state index contributed by atoms with van der Waals surface area (Å²) in [6, 6.07) is 4.27. The van der Waals surface area contributed by atoms with Crippen molar-refractivity contribution in [1.82, 2.24) is 9.97 Å². The third-order valence-electron chi connectivity index (χ3n) is 6.88. The van der Waals surface area contributed by atoms with Gasteiger partial charge in [0.2, 0.25) is 11.8 Å². The van der Waals surface area contributed by atoms with Gasteiger partial charge in [0.25, 0.3) is 5.56 Å². The van der Waals surface area contributed by atoms with Crippen molar-refractivity contribution < 1.29 is 22.7 Å². The molecule has 1 aliphatic carbocycles. The molecule has 4 rings (SSSR count). The molecule has 0 unspecified atom stereocenters. The van der Waals surface area contributed by atoms with E-state index < -0.39 is 38.4 Å². The van der Waals surface area contributed by atoms with Gasteiger partial charge in [-0.15, -0.1) is 0 Å². The highest BCUT2D eigenvalue weighted by Crippen LogP contribution is 2.36. The zero-order valence-corrected chi connectivity index (χ0v) is 20.2. The van der Waals surface area contributed by atoms with Gasteiger partial charge in [0, 0.05) is 31.2 Å². The largest absolute Gasteiger partial charge is 0.381 e. The average molecular weight is 503 g/mol. The number of carbonyl (C=O) groups excluding carboxylic acids is 2. The number of rotatable bonds is 8. The van der Waals surface area contributed by atoms with Crippen LogP contribution in [0.15, 0.2) is 40.3 Å². The molecule has 1 saturated carbocycles. The summed E-state index contributed by atoms with van der Waals surface area (Å²) in [5.74, 6) is -1.93. The van der Waals surface area contributed by atoms with Crippen molar-refractivity contribution in [1.29, 1.82) is 0 Å². The Kier molecular flexibility index (Phi) is 7.66. The van der Waals surface area contributed by atoms with Gasteiger partial charge in [-0.05, 0) is 56.2 Å². The molecule has 11 heteroatoms. The van der Waals surface area contributed by atoms with Crippen molar-refractivity contribution in [2.75, 3.05) is 18.5 Å². The molecule has 35 heavy (non-hydrogen) atoms. The van der Waals surface area contributed by atoms with Crippen LogP contribution in [0, 0.1) is 5.92 Å². The van der Waals surface area contributed by atoms with E-state index in [1.165, 1.54) is 30.6 Å². The maximum Gasteiger partial charge on any atom is 0.253 e. The van der Waals surface area contributed by atoms with Crippen molar-refractivity contribution in [3.63, 3.8) is 0 Å². The summed E-state index contributed by atoms with van der Waals surface area (Å²) in [4.78, 5) is 44.5. The zero-order chi connectivity index (χ0) is 25.0. The molecule has 0 spiro atoms. The number of sulfone groups is 1. The van der Waals surface area contributed by atoms with E-state index in [-0.39, 0.29) is 27.8 Å². The van der Waals surface area contributed by atoms with Crippen LogP contribution in [-0.4, -0.2) is 48.7 Å². The van der Waals surface area contributed by atoms with Gasteiger partial charge in [-0.25, -0.2) is 13.4 Å². The molecule has 0 aromatic carbocycles. The fourth-order valence-electron chi connectivity index (χ4n) is 4.93. The van der Waals surface area contributed by atoms with Gasteiger partial charge in [-0.3, -0.25) is 14.4 Å². The summed E-state index contributed by atoms with van der Waals surface area (Å²) in [7, 11) is -3.79. The Morgan fingerprint density at radius 2 is 1.86 bits per heavy atom. The highest BCUT2D eigenvalue weighted by atomic mass is 32.2. The predicted molar refractivity (Wildman–Crippen MR) is 129 cm³/mol. The van der Waals surface area contributed by atoms with Crippen molar-refractivity contribution in [3.05, 3.63) is 52.1 Å². The minimum atomic E-state index is -3.79. The first-order chi connectivity index (χ1) is 16.8. The molecule has 0 bridgehead atoms. The van der Waals surface area contributed by atoms with Crippen LogP contribution >= 0.6 is 0 Å². The second kappa shape index (κ2) is 10.7. The van der Waals surface area contributed by atoms with Gasteiger partial charge in [0.1, 0.15) is 5.82 Å². The number of nitrogens with two attached hydrogens (primary N) is 1. The number of pyridine rings is 2. The lowest BCUT2D eigenvalue weighted by molar-refractivity contribution is -0.118. The molecule has 10 nitrogen and oxygen atoms in total. The molecule has 0 radical (unpaired) electrons. The Bertz CT molecular complexity index is 1230. The van der Waals surface area contributed by atoms with Gasteiger partial charge >= 0.3 is 0 Å². The molecule has 2 amide bonds. The van der Waals surface area contributed by atoms with Crippen molar-refractivity contribution in [2.24, 2.45) is 11.7 Å². The number of H-pyrrole nitrogens is 1. The Labute approximate surface area is 203 Å². The quantitative estimate of drug-likeness (QED) is 0.498. The number of nitrogens with one attached hydrogen (secondary N) is 2. The van der Waals surface area contributed by atoms with Crippen LogP contribution in [0.5, 0.6) is 0 Å². The van der Waals surface area contributed by atoms with E-state index >= 15 is 0 Å². The number of ether oxygens (including phenoxy) is 1. The highest BCUT2D eigenvalue weighted by molar-refractivity contribution is 7.92. The molecule has 2 fully saturated rings. The Morgan fingerprint density at radius 3 is 2.49 bits per heavy atom. The summed E-state index contributed by atoms with van der Waals surface area (Å²) in [5, 5.41) is 2.13. The summed E-state index contributed by atoms with van der Waals surface area (Å²) in [6.45, 7) is 1.10. The Hall–Kier alpha value is -3.05. The third-order valence-corrected chi connectivity index (χ3v) is 9.20. The molecule has 188 valence electrons. The molecule has 2 aliphatic rings. The first kappa shape index (κ1) is 25.1. The molecule has 2 aromatic rings. The fourth-order valence-corrected chi connectivity index (χ4v) is 7.04. The van der Waals surface area contributed by atoms with E-state index in [0.29, 0.717) is 45.3 Å². The number of primary amides is 1. The minimum absolute atomic E-state index is 0.0304. The maximum absolute atomic E-state index is 13.5. The zero-order valence-electron chi connectivity index (χ0n) is 19.4. The van der Waals surface area contributed by atoms with Crippen LogP contribution in [-0.2, 0) is 19.4 Å². The first-order valence-corrected chi connectivity index (χ1v) is 13.4. The van der Waals surface area contributed by atoms with Crippen molar-refractivity contribution >= 4 is 27.5 Å². The molecule has 4 N–H and O–H groups in total. The van der Waals surface area contributed by atoms with Gasteiger partial charge in [0.05, 0.1) is 21.6 Å². The van der Waals surface area contributed by atoms with Crippen LogP contribution in [0.3, 0.4) is 0 Å². The third kappa shape index (κ3) is 5.62. The van der Waals surface area contributed by atoms with E-state index in [2.05, 4.69) is 15.3 Å². The highest BCUT2D eigenvalue weighted by Gasteiger charge is 2.37. The summed E-state index contributed by atoms with van der Waals surface area (Å²) >= 11 is 0. The van der Waals surface area contributed by atoms with E-state index in [9.17, 15) is 22.8 Å². The van der Waals surface area contributed by atoms with Gasteiger partial charge in [-0.2, -0.15) is 0 Å². The van der Waals surface area contributed by atoms with E-state index in [1.807, 2.05) is 0 Å². The van der Waals surface area contributed by atoms with Crippen LogP contribution < -0.4 is 16.6 Å². The number of anilines is 1. The number of aromatic amines is 1. The number of hydrogen-bond donors (Lipinski definition) is 3. The van der Waals surface area contributed by atoms with Crippen molar-refractivity contribution in [3.8, 4) is 0 Å². The second-order valence-electron chi connectivity index (χ2n) is 9.17. The number of nitrogens with zero attached hydrogens (tertiary/aromatic N) is 1. The van der Waals surface area contributed by atoms with Crippen LogP contribution in [0.4, 0.5) is 5.82 Å². The molecule has 1 saturated heterocycles. The summed E-state index contributed by atoms with van der Waals surface area (Å²) < 4.78 is 32.5. The van der Waals surface area contributed by atoms with Crippen LogP contribution in [0.1, 0.15) is 66.8 Å². The van der Waals surface area contributed by atoms with Crippen LogP contribution in [0.2, 0.25) is 0 Å². The Balaban J connectivity index is 1.72. The molecule has 3 heterocycles. The number of carbonyl (C=O) groups is 2. The molecular formula is C24H30N4O6S. The van der Waals surface area contributed by atoms with E-state index in [0.717, 1.165) is 12.8 Å². The summed E-state index contributed by atoms with van der Waals surface area (Å²) in [5.41, 5.74) is 4.81. The van der Waals surface area contributed by atoms with Crippen molar-refractivity contribution in [2.45, 2.75) is 61.0 Å². The van der Waals surface area contributed by atoms with E-state index in [4.69, 9.17) is 10.5 Å². The maximum atomic E-state index is 13.5. The lowest BCUT2D eigenvalue weighted by atomic mass is 9.85. The number of hydrogen-bond acceptors (Lipinski definition) is 7. The van der Waals surface area contributed by atoms with Gasteiger partial charge in [-0.1, -0.05) is 12.8 Å². The topological polar surface area (TPSA) is 161 Å². The first-order valence-electron chi connectivity index (χ1n) is 11.9. The second-order valence-corrected chi connectivity index (χ2v) is 11.4. The molecule has 1 atom stereocenters. The predicted octanol–water partition coefficient (Wildman–Crippen LogP) is 2.12. The average Bonchev–Trinajstić information content (AvgIpc) is 3.40. The number of amides is 2. The normalized spacial score (nSPS) is 18.3. The number of aromatic nitrogens is 2. The molecule has 1 aliphatic heterocycles. The minimum Gasteiger partial charge on any atom is -0.381 e. The standard InChI is InChI=1S/C24H30N4O6S/c25-22(29)16-5-6-20(27-14-16)28-23(30)18(13-15-8-11-34-12-9-15)21-19(7-10-26-24(21)31)35(32,33)17-3-1-2-4-17/h5-7,10,14-15,17-18H,1-4,8-9,11-13H2,(H2,25,29)(H,26,31)(H,27,28,30)/t18-/m0/s1. The smallest absolute Gasteiger partial charge is 0.253 e. The Morgan fingerprint density at radius 1 is 1.14 bits per heavy atom. The lowest BCUT2D eigenvalue weighted by Gasteiger charge is -2.27. The molecule has 2 aromatic heterocycles. The van der Waals surface area contributed by atoms with Crippen LogP contribution in [0.25, 0.3) is 0 Å². The van der Waals surface area contributed by atoms with Gasteiger partial charge in [0.15, 0.2) is 9.84 Å². The van der Waals surface area contributed by atoms with E-state index in [1.54, 1.807) is 0 Å². The summed E-state index contributed by atoms with van der Waals surface area (Å²) in [6.07, 6.45) is 7.02. The van der Waals surface area contributed by atoms with Gasteiger partial charge < -0.3 is 20.8 Å².